The molecule has 7 heteroatoms. The minimum atomic E-state index is -4.57. The van der Waals surface area contributed by atoms with Crippen LogP contribution in [0.3, 0.4) is 0 Å². The number of alkyl halides is 3. The number of carbonyl (C=O) groups is 2. The van der Waals surface area contributed by atoms with Crippen LogP contribution in [0.25, 0.3) is 0 Å². The maximum atomic E-state index is 12.4. The van der Waals surface area contributed by atoms with Gasteiger partial charge in [-0.15, -0.1) is 0 Å². The Bertz CT molecular complexity index is 618. The summed E-state index contributed by atoms with van der Waals surface area (Å²) in [6, 6.07) is 3.00. The van der Waals surface area contributed by atoms with E-state index in [9.17, 15) is 22.8 Å². The molecule has 1 aliphatic heterocycles. The summed E-state index contributed by atoms with van der Waals surface area (Å²) in [7, 11) is 0. The van der Waals surface area contributed by atoms with Crippen LogP contribution in [-0.4, -0.2) is 30.6 Å². The largest absolute Gasteiger partial charge is 0.397 e. The fraction of sp³-hybridized carbons (Fsp3) is 0.500. The van der Waals surface area contributed by atoms with Gasteiger partial charge in [0.25, 0.3) is 0 Å². The topological polar surface area (TPSA) is 49.4 Å². The number of nitrogens with one attached hydrogen (secondary N) is 1. The van der Waals surface area contributed by atoms with Crippen molar-refractivity contribution in [1.82, 2.24) is 5.32 Å². The van der Waals surface area contributed by atoms with Gasteiger partial charge in [-0.1, -0.05) is 17.7 Å². The molecule has 1 atom stereocenters. The van der Waals surface area contributed by atoms with Gasteiger partial charge in [0.1, 0.15) is 12.5 Å². The van der Waals surface area contributed by atoms with Crippen molar-refractivity contribution in [2.24, 2.45) is 0 Å². The number of hydrogen-bond acceptors (Lipinski definition) is 2. The summed E-state index contributed by atoms with van der Waals surface area (Å²) in [5.41, 5.74) is 3.70. The third-order valence-corrected chi connectivity index (χ3v) is 3.81. The van der Waals surface area contributed by atoms with E-state index in [2.05, 4.69) is 5.32 Å². The molecule has 0 saturated carbocycles. The molecule has 1 aromatic rings. The lowest BCUT2D eigenvalue weighted by molar-refractivity contribution is -0.154. The number of anilines is 1. The molecule has 0 aromatic heterocycles. The smallest absolute Gasteiger partial charge is 0.344 e. The molecule has 4 nitrogen and oxygen atoms in total. The first kappa shape index (κ1) is 17.3. The molecule has 1 aliphatic rings. The van der Waals surface area contributed by atoms with Crippen molar-refractivity contribution in [3.63, 3.8) is 0 Å². The second-order valence-corrected chi connectivity index (χ2v) is 5.94. The first-order chi connectivity index (χ1) is 10.6. The second kappa shape index (κ2) is 6.22. The Balaban J connectivity index is 2.12. The first-order valence-electron chi connectivity index (χ1n) is 7.34. The van der Waals surface area contributed by atoms with Crippen molar-refractivity contribution >= 4 is 17.5 Å². The summed E-state index contributed by atoms with van der Waals surface area (Å²) in [6.07, 6.45) is -5.84. The maximum absolute atomic E-state index is 12.4. The van der Waals surface area contributed by atoms with Crippen LogP contribution < -0.4 is 10.2 Å². The number of halogens is 3. The maximum Gasteiger partial charge on any atom is 0.397 e. The van der Waals surface area contributed by atoms with Crippen molar-refractivity contribution in [3.8, 4) is 0 Å². The Morgan fingerprint density at radius 3 is 2.35 bits per heavy atom. The third kappa shape index (κ3) is 4.03. The molecule has 1 saturated heterocycles. The molecule has 23 heavy (non-hydrogen) atoms. The van der Waals surface area contributed by atoms with E-state index in [4.69, 9.17) is 0 Å². The average Bonchev–Trinajstić information content (AvgIpc) is 2.68. The fourth-order valence-electron chi connectivity index (χ4n) is 3.06. The summed E-state index contributed by atoms with van der Waals surface area (Å²) in [5, 5.41) is 2.19. The quantitative estimate of drug-likeness (QED) is 0.927. The minimum Gasteiger partial charge on any atom is -0.344 e. The zero-order valence-corrected chi connectivity index (χ0v) is 13.3. The summed E-state index contributed by atoms with van der Waals surface area (Å²) < 4.78 is 36.6. The minimum absolute atomic E-state index is 0.301. The Morgan fingerprint density at radius 2 is 1.83 bits per heavy atom. The van der Waals surface area contributed by atoms with Crippen LogP contribution in [0.2, 0.25) is 0 Å². The lowest BCUT2D eigenvalue weighted by Gasteiger charge is -2.22. The number of hydrogen-bond donors (Lipinski definition) is 1. The molecular weight excluding hydrogens is 309 g/mol. The number of benzene rings is 1. The molecule has 0 unspecified atom stereocenters. The van der Waals surface area contributed by atoms with Gasteiger partial charge in [-0.2, -0.15) is 13.2 Å². The predicted molar refractivity (Wildman–Crippen MR) is 80.2 cm³/mol. The molecule has 0 bridgehead atoms. The highest BCUT2D eigenvalue weighted by Gasteiger charge is 2.37. The molecule has 2 amide bonds. The summed E-state index contributed by atoms with van der Waals surface area (Å²) in [5.74, 6) is -1.54. The predicted octanol–water partition coefficient (Wildman–Crippen LogP) is 2.79. The molecule has 1 aromatic carbocycles. The monoisotopic (exact) mass is 328 g/mol. The Morgan fingerprint density at radius 1 is 1.26 bits per heavy atom. The molecule has 126 valence electrons. The normalized spacial score (nSPS) is 18.4. The Labute approximate surface area is 132 Å². The van der Waals surface area contributed by atoms with Crippen LogP contribution in [0.1, 0.15) is 29.5 Å². The highest BCUT2D eigenvalue weighted by molar-refractivity contribution is 6.02. The van der Waals surface area contributed by atoms with E-state index in [-0.39, 0.29) is 5.91 Å². The van der Waals surface area contributed by atoms with Gasteiger partial charge in [0.05, 0.1) is 0 Å². The number of amides is 2. The van der Waals surface area contributed by atoms with Gasteiger partial charge in [-0.3, -0.25) is 9.59 Å². The molecule has 0 spiro atoms. The average molecular weight is 328 g/mol. The lowest BCUT2D eigenvalue weighted by Crippen LogP contribution is -2.43. The van der Waals surface area contributed by atoms with Gasteiger partial charge in [0.15, 0.2) is 0 Å². The van der Waals surface area contributed by atoms with Crippen molar-refractivity contribution in [2.45, 2.75) is 45.8 Å². The lowest BCUT2D eigenvalue weighted by atomic mass is 10.0. The van der Waals surface area contributed by atoms with Crippen LogP contribution >= 0.6 is 0 Å². The molecule has 1 heterocycles. The molecule has 1 N–H and O–H groups in total. The molecular formula is C16H19F3N2O2. The molecule has 0 radical (unpaired) electrons. The zero-order chi connectivity index (χ0) is 17.4. The van der Waals surface area contributed by atoms with E-state index in [0.717, 1.165) is 22.4 Å². The highest BCUT2D eigenvalue weighted by atomic mass is 19.4. The van der Waals surface area contributed by atoms with Gasteiger partial charge in [0, 0.05) is 12.2 Å². The van der Waals surface area contributed by atoms with Gasteiger partial charge in [-0.25, -0.2) is 0 Å². The Kier molecular flexibility index (Phi) is 4.68. The molecule has 0 aliphatic carbocycles. The molecule has 2 rings (SSSR count). The van der Waals surface area contributed by atoms with Crippen LogP contribution in [0, 0.1) is 20.8 Å². The van der Waals surface area contributed by atoms with Gasteiger partial charge in [-0.05, 0) is 38.3 Å². The summed E-state index contributed by atoms with van der Waals surface area (Å²) in [4.78, 5) is 25.4. The van der Waals surface area contributed by atoms with E-state index >= 15 is 0 Å². The fourth-order valence-corrected chi connectivity index (χ4v) is 3.06. The van der Waals surface area contributed by atoms with Crippen molar-refractivity contribution in [2.75, 3.05) is 11.4 Å². The van der Waals surface area contributed by atoms with Gasteiger partial charge < -0.3 is 10.2 Å². The number of rotatable bonds is 3. The standard InChI is InChI=1S/C16H19F3N2O2/c1-9-6-10(2)14(11(3)7-9)21-5-4-12(15(21)23)20-13(22)8-16(17,18)19/h6-7,12H,4-5,8H2,1-3H3,(H,20,22)/t12-/m0/s1. The van der Waals surface area contributed by atoms with Crippen LogP contribution in [0.15, 0.2) is 12.1 Å². The SMILES string of the molecule is Cc1cc(C)c(N2CC[C@H](NC(=O)CC(F)(F)F)C2=O)c(C)c1. The number of aryl methyl sites for hydroxylation is 3. The second-order valence-electron chi connectivity index (χ2n) is 5.94. The molecule has 1 fully saturated rings. The van der Waals surface area contributed by atoms with E-state index in [1.807, 2.05) is 32.9 Å². The third-order valence-electron chi connectivity index (χ3n) is 3.81. The Hall–Kier alpha value is -2.05. The van der Waals surface area contributed by atoms with Crippen LogP contribution in [0.5, 0.6) is 0 Å². The summed E-state index contributed by atoms with van der Waals surface area (Å²) >= 11 is 0. The zero-order valence-electron chi connectivity index (χ0n) is 13.3. The summed E-state index contributed by atoms with van der Waals surface area (Å²) in [6.45, 7) is 6.10. The van der Waals surface area contributed by atoms with E-state index in [1.54, 1.807) is 4.90 Å². The number of carbonyl (C=O) groups excluding carboxylic acids is 2. The van der Waals surface area contributed by atoms with Crippen LogP contribution in [-0.2, 0) is 9.59 Å². The van der Waals surface area contributed by atoms with Crippen molar-refractivity contribution < 1.29 is 22.8 Å². The van der Waals surface area contributed by atoms with E-state index in [0.29, 0.717) is 13.0 Å². The highest BCUT2D eigenvalue weighted by Crippen LogP contribution is 2.30. The first-order valence-corrected chi connectivity index (χ1v) is 7.34. The number of nitrogens with zero attached hydrogens (tertiary/aromatic N) is 1. The van der Waals surface area contributed by atoms with Crippen molar-refractivity contribution in [1.29, 1.82) is 0 Å². The van der Waals surface area contributed by atoms with Crippen molar-refractivity contribution in [3.05, 3.63) is 28.8 Å². The van der Waals surface area contributed by atoms with E-state index < -0.39 is 24.5 Å². The van der Waals surface area contributed by atoms with Gasteiger partial charge >= 0.3 is 6.18 Å². The van der Waals surface area contributed by atoms with Crippen LogP contribution in [0.4, 0.5) is 18.9 Å². The van der Waals surface area contributed by atoms with E-state index in [1.165, 1.54) is 0 Å². The van der Waals surface area contributed by atoms with Gasteiger partial charge in [0.2, 0.25) is 11.8 Å².